The van der Waals surface area contributed by atoms with Gasteiger partial charge in [-0.3, -0.25) is 0 Å². The summed E-state index contributed by atoms with van der Waals surface area (Å²) in [6.07, 6.45) is 1.51. The number of hydrogen-bond acceptors (Lipinski definition) is 5. The van der Waals surface area contributed by atoms with Crippen molar-refractivity contribution in [2.45, 2.75) is 13.0 Å². The smallest absolute Gasteiger partial charge is 0.142 e. The molecule has 0 radical (unpaired) electrons. The highest BCUT2D eigenvalue weighted by atomic mass is 35.5. The van der Waals surface area contributed by atoms with Crippen molar-refractivity contribution in [3.63, 3.8) is 0 Å². The zero-order chi connectivity index (χ0) is 17.6. The molecular weight excluding hydrogens is 336 g/mol. The summed E-state index contributed by atoms with van der Waals surface area (Å²) in [7, 11) is 1.61. The monoisotopic (exact) mass is 354 g/mol. The lowest BCUT2D eigenvalue weighted by Gasteiger charge is -2.16. The SMILES string of the molecule is COc1ccc(Cl)cc1Nc1cc(NC(C)c2ccccc2)ncn1. The van der Waals surface area contributed by atoms with Crippen molar-refractivity contribution in [1.82, 2.24) is 9.97 Å². The minimum absolute atomic E-state index is 0.129. The van der Waals surface area contributed by atoms with Crippen LogP contribution in [0.4, 0.5) is 17.3 Å². The van der Waals surface area contributed by atoms with Crippen LogP contribution in [0, 0.1) is 0 Å². The third-order valence-corrected chi connectivity index (χ3v) is 3.99. The zero-order valence-corrected chi connectivity index (χ0v) is 14.8. The quantitative estimate of drug-likeness (QED) is 0.648. The summed E-state index contributed by atoms with van der Waals surface area (Å²) >= 11 is 6.07. The Hall–Kier alpha value is -2.79. The molecule has 2 N–H and O–H groups in total. The Morgan fingerprint density at radius 3 is 2.52 bits per heavy atom. The number of ether oxygens (including phenoxy) is 1. The van der Waals surface area contributed by atoms with Gasteiger partial charge in [0, 0.05) is 17.1 Å². The number of nitrogens with one attached hydrogen (secondary N) is 2. The second-order valence-electron chi connectivity index (χ2n) is 5.53. The van der Waals surface area contributed by atoms with Crippen molar-refractivity contribution >= 4 is 28.9 Å². The van der Waals surface area contributed by atoms with Gasteiger partial charge in [-0.1, -0.05) is 41.9 Å². The van der Waals surface area contributed by atoms with Gasteiger partial charge in [-0.15, -0.1) is 0 Å². The van der Waals surface area contributed by atoms with Crippen molar-refractivity contribution in [1.29, 1.82) is 0 Å². The third kappa shape index (κ3) is 4.39. The molecule has 0 spiro atoms. The molecule has 0 fully saturated rings. The average Bonchev–Trinajstić information content (AvgIpc) is 2.63. The molecule has 0 saturated carbocycles. The highest BCUT2D eigenvalue weighted by Gasteiger charge is 2.08. The van der Waals surface area contributed by atoms with Crippen molar-refractivity contribution < 1.29 is 4.74 Å². The predicted molar refractivity (Wildman–Crippen MR) is 102 cm³/mol. The first kappa shape index (κ1) is 17.0. The minimum atomic E-state index is 0.129. The molecule has 0 saturated heterocycles. The molecule has 5 nitrogen and oxygen atoms in total. The number of halogens is 1. The summed E-state index contributed by atoms with van der Waals surface area (Å²) < 4.78 is 5.35. The van der Waals surface area contributed by atoms with Gasteiger partial charge in [-0.2, -0.15) is 0 Å². The van der Waals surface area contributed by atoms with E-state index in [9.17, 15) is 0 Å². The fourth-order valence-electron chi connectivity index (χ4n) is 2.47. The van der Waals surface area contributed by atoms with Crippen molar-refractivity contribution in [2.24, 2.45) is 0 Å². The number of nitrogens with zero attached hydrogens (tertiary/aromatic N) is 2. The minimum Gasteiger partial charge on any atom is -0.495 e. The van der Waals surface area contributed by atoms with Gasteiger partial charge in [0.2, 0.25) is 0 Å². The molecule has 0 bridgehead atoms. The Balaban J connectivity index is 1.77. The number of benzene rings is 2. The van der Waals surface area contributed by atoms with E-state index in [0.717, 1.165) is 11.5 Å². The highest BCUT2D eigenvalue weighted by Crippen LogP contribution is 2.30. The highest BCUT2D eigenvalue weighted by molar-refractivity contribution is 6.31. The average molecular weight is 355 g/mol. The molecule has 1 unspecified atom stereocenters. The van der Waals surface area contributed by atoms with E-state index in [1.807, 2.05) is 30.3 Å². The number of anilines is 3. The fourth-order valence-corrected chi connectivity index (χ4v) is 2.64. The standard InChI is InChI=1S/C19H19ClN4O/c1-13(14-6-4-3-5-7-14)23-18-11-19(22-12-21-18)24-16-10-15(20)8-9-17(16)25-2/h3-13H,1-2H3,(H2,21,22,23,24). The van der Waals surface area contributed by atoms with Crippen LogP contribution in [-0.2, 0) is 0 Å². The molecule has 1 atom stereocenters. The maximum Gasteiger partial charge on any atom is 0.142 e. The first-order valence-corrected chi connectivity index (χ1v) is 8.27. The molecule has 3 rings (SSSR count). The Kier molecular flexibility index (Phi) is 5.36. The van der Waals surface area contributed by atoms with Crippen LogP contribution in [0.25, 0.3) is 0 Å². The lowest BCUT2D eigenvalue weighted by molar-refractivity contribution is 0.417. The van der Waals surface area contributed by atoms with Gasteiger partial charge >= 0.3 is 0 Å². The molecule has 6 heteroatoms. The molecule has 0 aliphatic carbocycles. The Morgan fingerprint density at radius 1 is 1.00 bits per heavy atom. The van der Waals surface area contributed by atoms with Crippen molar-refractivity contribution in [3.8, 4) is 5.75 Å². The molecule has 25 heavy (non-hydrogen) atoms. The maximum absolute atomic E-state index is 6.07. The molecule has 0 aliphatic heterocycles. The first-order valence-electron chi connectivity index (χ1n) is 7.90. The van der Waals surface area contributed by atoms with Crippen molar-refractivity contribution in [3.05, 3.63) is 71.5 Å². The van der Waals surface area contributed by atoms with E-state index in [4.69, 9.17) is 16.3 Å². The van der Waals surface area contributed by atoms with E-state index in [1.165, 1.54) is 11.9 Å². The zero-order valence-electron chi connectivity index (χ0n) is 14.0. The van der Waals surface area contributed by atoms with Crippen LogP contribution in [0.2, 0.25) is 5.02 Å². The van der Waals surface area contributed by atoms with Gasteiger partial charge in [0.1, 0.15) is 23.7 Å². The van der Waals surface area contributed by atoms with Crippen LogP contribution in [0.5, 0.6) is 5.75 Å². The molecular formula is C19H19ClN4O. The van der Waals surface area contributed by atoms with E-state index in [-0.39, 0.29) is 6.04 Å². The summed E-state index contributed by atoms with van der Waals surface area (Å²) in [6, 6.07) is 17.6. The summed E-state index contributed by atoms with van der Waals surface area (Å²) in [5.74, 6) is 2.07. The number of hydrogen-bond donors (Lipinski definition) is 2. The van der Waals surface area contributed by atoms with E-state index in [0.29, 0.717) is 16.6 Å². The van der Waals surface area contributed by atoms with Gasteiger partial charge in [0.15, 0.2) is 0 Å². The summed E-state index contributed by atoms with van der Waals surface area (Å²) in [6.45, 7) is 2.09. The van der Waals surface area contributed by atoms with Crippen LogP contribution < -0.4 is 15.4 Å². The molecule has 0 amide bonds. The Morgan fingerprint density at radius 2 is 1.76 bits per heavy atom. The van der Waals surface area contributed by atoms with Crippen LogP contribution in [0.3, 0.4) is 0 Å². The maximum atomic E-state index is 6.07. The summed E-state index contributed by atoms with van der Waals surface area (Å²) in [5.41, 5.74) is 1.93. The van der Waals surface area contributed by atoms with Crippen LogP contribution in [0.15, 0.2) is 60.9 Å². The van der Waals surface area contributed by atoms with Gasteiger partial charge in [-0.25, -0.2) is 9.97 Å². The Labute approximate surface area is 152 Å². The topological polar surface area (TPSA) is 59.1 Å². The number of methoxy groups -OCH3 is 1. The van der Waals surface area contributed by atoms with E-state index < -0.39 is 0 Å². The largest absolute Gasteiger partial charge is 0.495 e. The van der Waals surface area contributed by atoms with E-state index >= 15 is 0 Å². The van der Waals surface area contributed by atoms with Crippen LogP contribution in [-0.4, -0.2) is 17.1 Å². The number of aromatic nitrogens is 2. The predicted octanol–water partition coefficient (Wildman–Crippen LogP) is 5.06. The van der Waals surface area contributed by atoms with Gasteiger partial charge < -0.3 is 15.4 Å². The summed E-state index contributed by atoms with van der Waals surface area (Å²) in [4.78, 5) is 8.55. The molecule has 1 aromatic heterocycles. The molecule has 1 heterocycles. The van der Waals surface area contributed by atoms with Crippen molar-refractivity contribution in [2.75, 3.05) is 17.7 Å². The third-order valence-electron chi connectivity index (χ3n) is 3.76. The van der Waals surface area contributed by atoms with E-state index in [1.54, 1.807) is 19.2 Å². The molecule has 2 aromatic carbocycles. The lowest BCUT2D eigenvalue weighted by atomic mass is 10.1. The van der Waals surface area contributed by atoms with Gasteiger partial charge in [0.25, 0.3) is 0 Å². The van der Waals surface area contributed by atoms with Gasteiger partial charge in [-0.05, 0) is 30.7 Å². The summed E-state index contributed by atoms with van der Waals surface area (Å²) in [5, 5.41) is 7.21. The lowest BCUT2D eigenvalue weighted by Crippen LogP contribution is -2.08. The van der Waals surface area contributed by atoms with Crippen LogP contribution in [0.1, 0.15) is 18.5 Å². The molecule has 3 aromatic rings. The molecule has 0 aliphatic rings. The normalized spacial score (nSPS) is 11.6. The molecule has 128 valence electrons. The number of rotatable bonds is 6. The second kappa shape index (κ2) is 7.85. The Bertz CT molecular complexity index is 842. The first-order chi connectivity index (χ1) is 12.2. The van der Waals surface area contributed by atoms with E-state index in [2.05, 4.69) is 39.7 Å². The van der Waals surface area contributed by atoms with Crippen LogP contribution >= 0.6 is 11.6 Å². The second-order valence-corrected chi connectivity index (χ2v) is 5.97. The van der Waals surface area contributed by atoms with Gasteiger partial charge in [0.05, 0.1) is 12.8 Å². The fraction of sp³-hybridized carbons (Fsp3) is 0.158.